The van der Waals surface area contributed by atoms with Gasteiger partial charge in [0.2, 0.25) is 11.9 Å². The lowest BCUT2D eigenvalue weighted by molar-refractivity contribution is 0.881. The van der Waals surface area contributed by atoms with E-state index in [1.165, 1.54) is 12.8 Å². The Hall–Kier alpha value is -2.24. The Morgan fingerprint density at radius 1 is 1.19 bits per heavy atom. The number of hydrogen-bond acceptors (Lipinski definition) is 6. The molecule has 2 aromatic rings. The summed E-state index contributed by atoms with van der Waals surface area (Å²) in [5, 5.41) is 3.20. The van der Waals surface area contributed by atoms with Crippen LogP contribution < -0.4 is 10.2 Å². The fraction of sp³-hybridized carbons (Fsp3) is 0.467. The third-order valence-corrected chi connectivity index (χ3v) is 3.61. The summed E-state index contributed by atoms with van der Waals surface area (Å²) in [5.41, 5.74) is 2.07. The molecule has 1 saturated heterocycles. The molecular weight excluding hydrogens is 264 g/mol. The van der Waals surface area contributed by atoms with Gasteiger partial charge in [-0.25, -0.2) is 0 Å². The topological polar surface area (TPSA) is 66.8 Å². The van der Waals surface area contributed by atoms with Crippen LogP contribution in [-0.4, -0.2) is 39.6 Å². The zero-order valence-electron chi connectivity index (χ0n) is 12.5. The van der Waals surface area contributed by atoms with Crippen LogP contribution in [0.4, 0.5) is 11.9 Å². The van der Waals surface area contributed by atoms with Crippen molar-refractivity contribution in [1.82, 2.24) is 19.9 Å². The van der Waals surface area contributed by atoms with E-state index in [4.69, 9.17) is 0 Å². The largest absolute Gasteiger partial charge is 0.354 e. The van der Waals surface area contributed by atoms with Gasteiger partial charge in [0, 0.05) is 37.6 Å². The van der Waals surface area contributed by atoms with Crippen molar-refractivity contribution in [3.63, 3.8) is 0 Å². The molecule has 110 valence electrons. The van der Waals surface area contributed by atoms with Gasteiger partial charge in [0.05, 0.1) is 0 Å². The van der Waals surface area contributed by atoms with Crippen molar-refractivity contribution in [2.24, 2.45) is 0 Å². The van der Waals surface area contributed by atoms with Gasteiger partial charge in [0.25, 0.3) is 0 Å². The van der Waals surface area contributed by atoms with Crippen molar-refractivity contribution in [2.45, 2.75) is 26.7 Å². The Labute approximate surface area is 124 Å². The molecule has 1 fully saturated rings. The van der Waals surface area contributed by atoms with Gasteiger partial charge in [0.1, 0.15) is 0 Å². The number of rotatable bonds is 4. The van der Waals surface area contributed by atoms with E-state index < -0.39 is 0 Å². The van der Waals surface area contributed by atoms with Crippen LogP contribution in [0, 0.1) is 6.92 Å². The summed E-state index contributed by atoms with van der Waals surface area (Å²) in [6, 6.07) is 1.95. The number of pyridine rings is 1. The third-order valence-electron chi connectivity index (χ3n) is 3.61. The highest BCUT2D eigenvalue weighted by Gasteiger charge is 2.18. The number of nitrogens with zero attached hydrogens (tertiary/aromatic N) is 5. The third kappa shape index (κ3) is 2.94. The summed E-state index contributed by atoms with van der Waals surface area (Å²) < 4.78 is 0. The summed E-state index contributed by atoms with van der Waals surface area (Å²) in [6.45, 7) is 6.89. The average molecular weight is 284 g/mol. The molecule has 0 aromatic carbocycles. The van der Waals surface area contributed by atoms with Crippen molar-refractivity contribution in [1.29, 1.82) is 0 Å². The number of aromatic nitrogens is 4. The van der Waals surface area contributed by atoms with Crippen molar-refractivity contribution >= 4 is 11.9 Å². The normalized spacial score (nSPS) is 14.5. The van der Waals surface area contributed by atoms with Gasteiger partial charge in [-0.2, -0.15) is 15.0 Å². The molecule has 1 aliphatic rings. The van der Waals surface area contributed by atoms with Crippen molar-refractivity contribution in [3.05, 3.63) is 24.0 Å². The second-order valence-electron chi connectivity index (χ2n) is 5.20. The second-order valence-corrected chi connectivity index (χ2v) is 5.20. The molecule has 3 rings (SSSR count). The number of nitrogens with one attached hydrogen (secondary N) is 1. The van der Waals surface area contributed by atoms with Gasteiger partial charge in [-0.05, 0) is 38.3 Å². The molecule has 21 heavy (non-hydrogen) atoms. The van der Waals surface area contributed by atoms with Gasteiger partial charge in [-0.3, -0.25) is 4.98 Å². The van der Waals surface area contributed by atoms with Crippen LogP contribution >= 0.6 is 0 Å². The van der Waals surface area contributed by atoms with Crippen LogP contribution in [0.1, 0.15) is 25.3 Å². The monoisotopic (exact) mass is 284 g/mol. The maximum Gasteiger partial charge on any atom is 0.230 e. The second kappa shape index (κ2) is 6.03. The van der Waals surface area contributed by atoms with Crippen LogP contribution in [0.25, 0.3) is 11.4 Å². The quantitative estimate of drug-likeness (QED) is 0.929. The first-order valence-electron chi connectivity index (χ1n) is 7.44. The molecule has 0 bridgehead atoms. The van der Waals surface area contributed by atoms with E-state index in [0.29, 0.717) is 11.8 Å². The Morgan fingerprint density at radius 2 is 2.00 bits per heavy atom. The fourth-order valence-corrected chi connectivity index (χ4v) is 2.51. The molecule has 0 radical (unpaired) electrons. The van der Waals surface area contributed by atoms with Gasteiger partial charge in [-0.1, -0.05) is 0 Å². The first-order valence-corrected chi connectivity index (χ1v) is 7.44. The van der Waals surface area contributed by atoms with E-state index in [-0.39, 0.29) is 0 Å². The Kier molecular flexibility index (Phi) is 3.94. The summed E-state index contributed by atoms with van der Waals surface area (Å²) in [4.78, 5) is 20.1. The minimum Gasteiger partial charge on any atom is -0.354 e. The fourth-order valence-electron chi connectivity index (χ4n) is 2.51. The molecule has 1 N–H and O–H groups in total. The first-order chi connectivity index (χ1) is 10.3. The minimum atomic E-state index is 0.639. The number of anilines is 2. The van der Waals surface area contributed by atoms with Crippen LogP contribution in [-0.2, 0) is 0 Å². The molecule has 0 atom stereocenters. The van der Waals surface area contributed by atoms with Crippen molar-refractivity contribution in [2.75, 3.05) is 29.9 Å². The molecule has 2 aromatic heterocycles. The predicted molar refractivity (Wildman–Crippen MR) is 83.4 cm³/mol. The van der Waals surface area contributed by atoms with Gasteiger partial charge < -0.3 is 10.2 Å². The Morgan fingerprint density at radius 3 is 2.71 bits per heavy atom. The molecule has 6 heteroatoms. The van der Waals surface area contributed by atoms with Gasteiger partial charge >= 0.3 is 0 Å². The lowest BCUT2D eigenvalue weighted by atomic mass is 10.1. The first kappa shape index (κ1) is 13.7. The molecule has 0 amide bonds. The zero-order valence-corrected chi connectivity index (χ0v) is 12.5. The Bertz CT molecular complexity index is 621. The molecule has 3 heterocycles. The summed E-state index contributed by atoms with van der Waals surface area (Å²) >= 11 is 0. The highest BCUT2D eigenvalue weighted by molar-refractivity contribution is 5.61. The molecule has 0 unspecified atom stereocenters. The predicted octanol–water partition coefficient (Wildman–Crippen LogP) is 2.27. The van der Waals surface area contributed by atoms with E-state index in [1.807, 2.05) is 26.1 Å². The molecule has 6 nitrogen and oxygen atoms in total. The molecule has 0 saturated carbocycles. The lowest BCUT2D eigenvalue weighted by Crippen LogP contribution is -2.22. The smallest absolute Gasteiger partial charge is 0.230 e. The van der Waals surface area contributed by atoms with Crippen LogP contribution in [0.3, 0.4) is 0 Å². The van der Waals surface area contributed by atoms with Crippen molar-refractivity contribution < 1.29 is 0 Å². The summed E-state index contributed by atoms with van der Waals surface area (Å²) in [5.74, 6) is 2.12. The van der Waals surface area contributed by atoms with Gasteiger partial charge in [-0.15, -0.1) is 0 Å². The lowest BCUT2D eigenvalue weighted by Gasteiger charge is -2.17. The zero-order chi connectivity index (χ0) is 14.7. The van der Waals surface area contributed by atoms with Crippen molar-refractivity contribution in [3.8, 4) is 11.4 Å². The number of hydrogen-bond donors (Lipinski definition) is 1. The standard InChI is InChI=1S/C15H20N6/c1-3-17-14-18-13(12-6-7-16-10-11(12)2)19-15(20-14)21-8-4-5-9-21/h6-7,10H,3-5,8-9H2,1-2H3,(H,17,18,19,20). The van der Waals surface area contributed by atoms with Gasteiger partial charge in [0.15, 0.2) is 5.82 Å². The minimum absolute atomic E-state index is 0.639. The van der Waals surface area contributed by atoms with E-state index >= 15 is 0 Å². The molecule has 0 aliphatic carbocycles. The highest BCUT2D eigenvalue weighted by Crippen LogP contribution is 2.23. The van der Waals surface area contributed by atoms with Crippen LogP contribution in [0.5, 0.6) is 0 Å². The molecule has 1 aliphatic heterocycles. The van der Waals surface area contributed by atoms with E-state index in [1.54, 1.807) is 6.20 Å². The summed E-state index contributed by atoms with van der Waals surface area (Å²) in [7, 11) is 0. The van der Waals surface area contributed by atoms with Crippen LogP contribution in [0.2, 0.25) is 0 Å². The summed E-state index contributed by atoms with van der Waals surface area (Å²) in [6.07, 6.45) is 6.01. The number of aryl methyl sites for hydroxylation is 1. The Balaban J connectivity index is 2.04. The average Bonchev–Trinajstić information content (AvgIpc) is 3.02. The molecule has 0 spiro atoms. The maximum atomic E-state index is 4.66. The SMILES string of the molecule is CCNc1nc(-c2ccncc2C)nc(N2CCCC2)n1. The van der Waals surface area contributed by atoms with E-state index in [9.17, 15) is 0 Å². The van der Waals surface area contributed by atoms with E-state index in [0.717, 1.165) is 36.7 Å². The highest BCUT2D eigenvalue weighted by atomic mass is 15.3. The van der Waals surface area contributed by atoms with Crippen LogP contribution in [0.15, 0.2) is 18.5 Å². The van der Waals surface area contributed by atoms with E-state index in [2.05, 4.69) is 30.2 Å². The molecular formula is C15H20N6. The maximum absolute atomic E-state index is 4.66.